The molecule has 0 atom stereocenters. The van der Waals surface area contributed by atoms with E-state index in [1.54, 1.807) is 0 Å². The van der Waals surface area contributed by atoms with Crippen LogP contribution in [0, 0.1) is 13.8 Å². The Bertz CT molecular complexity index is 352. The number of aryl methyl sites for hydroxylation is 2. The molecular formula is C15H25NO2. The first-order chi connectivity index (χ1) is 8.54. The van der Waals surface area contributed by atoms with Crippen molar-refractivity contribution < 1.29 is 9.47 Å². The third-order valence-corrected chi connectivity index (χ3v) is 2.68. The minimum atomic E-state index is 0.258. The molecule has 0 saturated heterocycles. The Hall–Kier alpha value is -1.06. The lowest BCUT2D eigenvalue weighted by Crippen LogP contribution is -2.12. The first-order valence-electron chi connectivity index (χ1n) is 6.53. The maximum atomic E-state index is 5.81. The van der Waals surface area contributed by atoms with Crippen LogP contribution in [0.5, 0.6) is 5.75 Å². The van der Waals surface area contributed by atoms with Gasteiger partial charge in [-0.05, 0) is 51.4 Å². The number of ether oxygens (including phenoxy) is 2. The first kappa shape index (κ1) is 15.0. The standard InChI is InChI=1S/C15H25NO2/c1-11(2)17-6-7-18-15-12(3)8-14(10-16-5)9-13(15)4/h8-9,11,16H,6-7,10H2,1-5H3. The van der Waals surface area contributed by atoms with Crippen molar-refractivity contribution in [1.82, 2.24) is 5.32 Å². The van der Waals surface area contributed by atoms with Gasteiger partial charge in [0.15, 0.2) is 0 Å². The molecule has 0 unspecified atom stereocenters. The number of hydrogen-bond donors (Lipinski definition) is 1. The molecule has 3 nitrogen and oxygen atoms in total. The van der Waals surface area contributed by atoms with Crippen LogP contribution in [0.1, 0.15) is 30.5 Å². The summed E-state index contributed by atoms with van der Waals surface area (Å²) >= 11 is 0. The summed E-state index contributed by atoms with van der Waals surface area (Å²) in [5, 5.41) is 3.16. The Morgan fingerprint density at radius 2 is 1.72 bits per heavy atom. The predicted molar refractivity (Wildman–Crippen MR) is 75.3 cm³/mol. The molecule has 0 aromatic heterocycles. The summed E-state index contributed by atoms with van der Waals surface area (Å²) < 4.78 is 11.3. The lowest BCUT2D eigenvalue weighted by molar-refractivity contribution is 0.0550. The highest BCUT2D eigenvalue weighted by atomic mass is 16.5. The third-order valence-electron chi connectivity index (χ3n) is 2.68. The van der Waals surface area contributed by atoms with Gasteiger partial charge in [0, 0.05) is 6.54 Å². The lowest BCUT2D eigenvalue weighted by atomic mass is 10.1. The quantitative estimate of drug-likeness (QED) is 0.756. The van der Waals surface area contributed by atoms with E-state index in [0.29, 0.717) is 13.2 Å². The Morgan fingerprint density at radius 1 is 1.11 bits per heavy atom. The maximum Gasteiger partial charge on any atom is 0.125 e. The van der Waals surface area contributed by atoms with Gasteiger partial charge in [0.25, 0.3) is 0 Å². The summed E-state index contributed by atoms with van der Waals surface area (Å²) in [6.07, 6.45) is 0.258. The lowest BCUT2D eigenvalue weighted by Gasteiger charge is -2.15. The molecule has 0 saturated carbocycles. The van der Waals surface area contributed by atoms with E-state index in [-0.39, 0.29) is 6.10 Å². The van der Waals surface area contributed by atoms with Crippen LogP contribution in [0.2, 0.25) is 0 Å². The summed E-state index contributed by atoms with van der Waals surface area (Å²) in [6.45, 7) is 10.4. The van der Waals surface area contributed by atoms with Crippen molar-refractivity contribution in [3.05, 3.63) is 28.8 Å². The fourth-order valence-corrected chi connectivity index (χ4v) is 2.00. The fourth-order valence-electron chi connectivity index (χ4n) is 2.00. The van der Waals surface area contributed by atoms with E-state index in [1.807, 2.05) is 20.9 Å². The summed E-state index contributed by atoms with van der Waals surface area (Å²) in [6, 6.07) is 4.34. The monoisotopic (exact) mass is 251 g/mol. The zero-order valence-electron chi connectivity index (χ0n) is 12.2. The van der Waals surface area contributed by atoms with Gasteiger partial charge in [0.1, 0.15) is 12.4 Å². The van der Waals surface area contributed by atoms with Crippen molar-refractivity contribution in [2.75, 3.05) is 20.3 Å². The number of rotatable bonds is 7. The third kappa shape index (κ3) is 4.67. The molecule has 0 aliphatic heterocycles. The van der Waals surface area contributed by atoms with Crippen LogP contribution in [-0.2, 0) is 11.3 Å². The van der Waals surface area contributed by atoms with Crippen molar-refractivity contribution in [1.29, 1.82) is 0 Å². The van der Waals surface area contributed by atoms with Crippen molar-refractivity contribution in [3.63, 3.8) is 0 Å². The summed E-state index contributed by atoms with van der Waals surface area (Å²) in [5.41, 5.74) is 3.66. The minimum Gasteiger partial charge on any atom is -0.491 e. The zero-order chi connectivity index (χ0) is 13.5. The topological polar surface area (TPSA) is 30.5 Å². The van der Waals surface area contributed by atoms with Gasteiger partial charge in [0.05, 0.1) is 12.7 Å². The van der Waals surface area contributed by atoms with Crippen molar-refractivity contribution in [2.45, 2.75) is 40.3 Å². The Morgan fingerprint density at radius 3 is 2.22 bits per heavy atom. The van der Waals surface area contributed by atoms with Crippen LogP contribution in [0.3, 0.4) is 0 Å². The summed E-state index contributed by atoms with van der Waals surface area (Å²) in [7, 11) is 1.96. The molecule has 0 heterocycles. The van der Waals surface area contributed by atoms with Gasteiger partial charge < -0.3 is 14.8 Å². The molecule has 1 rings (SSSR count). The van der Waals surface area contributed by atoms with Gasteiger partial charge in [-0.15, -0.1) is 0 Å². The van der Waals surface area contributed by atoms with E-state index < -0.39 is 0 Å². The second kappa shape index (κ2) is 7.39. The Balaban J connectivity index is 2.60. The Kier molecular flexibility index (Phi) is 6.16. The van der Waals surface area contributed by atoms with Crippen LogP contribution >= 0.6 is 0 Å². The number of benzene rings is 1. The molecule has 1 aromatic rings. The highest BCUT2D eigenvalue weighted by Gasteiger charge is 2.06. The molecule has 1 N–H and O–H groups in total. The molecule has 0 spiro atoms. The molecule has 18 heavy (non-hydrogen) atoms. The molecule has 102 valence electrons. The van der Waals surface area contributed by atoms with E-state index in [2.05, 4.69) is 31.3 Å². The molecule has 0 radical (unpaired) electrons. The molecule has 0 fully saturated rings. The van der Waals surface area contributed by atoms with Crippen molar-refractivity contribution >= 4 is 0 Å². The van der Waals surface area contributed by atoms with E-state index >= 15 is 0 Å². The summed E-state index contributed by atoms with van der Waals surface area (Å²) in [5.74, 6) is 0.988. The van der Waals surface area contributed by atoms with Crippen LogP contribution < -0.4 is 10.1 Å². The van der Waals surface area contributed by atoms with Crippen LogP contribution in [0.15, 0.2) is 12.1 Å². The smallest absolute Gasteiger partial charge is 0.125 e. The SMILES string of the molecule is CNCc1cc(C)c(OCCOC(C)C)c(C)c1. The van der Waals surface area contributed by atoms with Crippen molar-refractivity contribution in [2.24, 2.45) is 0 Å². The van der Waals surface area contributed by atoms with Gasteiger partial charge in [-0.25, -0.2) is 0 Å². The fraction of sp³-hybridized carbons (Fsp3) is 0.600. The number of hydrogen-bond acceptors (Lipinski definition) is 3. The highest BCUT2D eigenvalue weighted by molar-refractivity contribution is 5.43. The minimum absolute atomic E-state index is 0.258. The van der Waals surface area contributed by atoms with Gasteiger partial charge >= 0.3 is 0 Å². The average molecular weight is 251 g/mol. The molecule has 0 aliphatic rings. The van der Waals surface area contributed by atoms with E-state index in [9.17, 15) is 0 Å². The zero-order valence-corrected chi connectivity index (χ0v) is 12.2. The molecule has 0 bridgehead atoms. The Labute approximate surface area is 110 Å². The van der Waals surface area contributed by atoms with Crippen LogP contribution in [-0.4, -0.2) is 26.4 Å². The van der Waals surface area contributed by atoms with Gasteiger partial charge in [-0.1, -0.05) is 12.1 Å². The average Bonchev–Trinajstić information content (AvgIpc) is 2.27. The highest BCUT2D eigenvalue weighted by Crippen LogP contribution is 2.24. The summed E-state index contributed by atoms with van der Waals surface area (Å²) in [4.78, 5) is 0. The second-order valence-electron chi connectivity index (χ2n) is 4.86. The largest absolute Gasteiger partial charge is 0.491 e. The molecule has 0 amide bonds. The van der Waals surface area contributed by atoms with Gasteiger partial charge in [-0.3, -0.25) is 0 Å². The molecule has 0 aliphatic carbocycles. The van der Waals surface area contributed by atoms with Crippen molar-refractivity contribution in [3.8, 4) is 5.75 Å². The number of nitrogens with one attached hydrogen (secondary N) is 1. The first-order valence-corrected chi connectivity index (χ1v) is 6.53. The van der Waals surface area contributed by atoms with E-state index in [1.165, 1.54) is 16.7 Å². The molecule has 3 heteroatoms. The second-order valence-corrected chi connectivity index (χ2v) is 4.86. The van der Waals surface area contributed by atoms with Gasteiger partial charge in [0.2, 0.25) is 0 Å². The van der Waals surface area contributed by atoms with Crippen LogP contribution in [0.25, 0.3) is 0 Å². The van der Waals surface area contributed by atoms with Gasteiger partial charge in [-0.2, -0.15) is 0 Å². The molecular weight excluding hydrogens is 226 g/mol. The molecule has 1 aromatic carbocycles. The normalized spacial score (nSPS) is 11.0. The van der Waals surface area contributed by atoms with E-state index in [0.717, 1.165) is 12.3 Å². The van der Waals surface area contributed by atoms with Crippen LogP contribution in [0.4, 0.5) is 0 Å². The van der Waals surface area contributed by atoms with E-state index in [4.69, 9.17) is 9.47 Å². The predicted octanol–water partition coefficient (Wildman–Crippen LogP) is 2.83. The maximum absolute atomic E-state index is 5.81.